The smallest absolute Gasteiger partial charge is 0.224 e. The minimum absolute atomic E-state index is 0.283. The van der Waals surface area contributed by atoms with Gasteiger partial charge >= 0.3 is 0 Å². The number of imidazole rings is 1. The number of nitrogens with zero attached hydrogens (tertiary/aromatic N) is 4. The summed E-state index contributed by atoms with van der Waals surface area (Å²) in [5.74, 6) is 0.754. The van der Waals surface area contributed by atoms with Gasteiger partial charge < -0.3 is 9.13 Å². The third-order valence-electron chi connectivity index (χ3n) is 5.04. The van der Waals surface area contributed by atoms with Crippen molar-refractivity contribution >= 4 is 45.8 Å². The predicted molar refractivity (Wildman–Crippen MR) is 129 cm³/mol. The van der Waals surface area contributed by atoms with Crippen LogP contribution in [-0.4, -0.2) is 20.3 Å². The highest BCUT2D eigenvalue weighted by Gasteiger charge is 2.13. The number of nitrogens with one attached hydrogen (secondary N) is 1. The Balaban J connectivity index is 1.63. The molecule has 0 atom stereocenters. The van der Waals surface area contributed by atoms with Crippen molar-refractivity contribution in [3.8, 4) is 5.69 Å². The Morgan fingerprint density at radius 3 is 2.52 bits per heavy atom. The largest absolute Gasteiger partial charge is 0.318 e. The molecule has 0 aliphatic rings. The van der Waals surface area contributed by atoms with Gasteiger partial charge in [0.15, 0.2) is 0 Å². The van der Waals surface area contributed by atoms with Gasteiger partial charge in [-0.1, -0.05) is 12.1 Å². The normalized spacial score (nSPS) is 11.8. The fraction of sp³-hybridized carbons (Fsp3) is 0.217. The van der Waals surface area contributed by atoms with Crippen molar-refractivity contribution in [3.63, 3.8) is 0 Å². The van der Waals surface area contributed by atoms with Crippen molar-refractivity contribution in [3.05, 3.63) is 75.1 Å². The van der Waals surface area contributed by atoms with E-state index in [9.17, 15) is 0 Å². The Bertz CT molecular complexity index is 1180. The molecule has 2 aromatic carbocycles. The number of para-hydroxylation sites is 2. The molecule has 0 aliphatic heterocycles. The van der Waals surface area contributed by atoms with Crippen LogP contribution in [0, 0.1) is 17.4 Å². The van der Waals surface area contributed by atoms with Crippen molar-refractivity contribution < 1.29 is 0 Å². The molecule has 29 heavy (non-hydrogen) atoms. The Morgan fingerprint density at radius 2 is 1.79 bits per heavy atom. The maximum atomic E-state index is 4.70. The van der Waals surface area contributed by atoms with Crippen molar-refractivity contribution in [2.75, 3.05) is 5.43 Å². The lowest BCUT2D eigenvalue weighted by atomic mass is 10.2. The van der Waals surface area contributed by atoms with E-state index in [1.54, 1.807) is 0 Å². The summed E-state index contributed by atoms with van der Waals surface area (Å²) >= 11 is 2.33. The number of hydrazone groups is 1. The summed E-state index contributed by atoms with van der Waals surface area (Å²) in [5.41, 5.74) is 9.81. The van der Waals surface area contributed by atoms with E-state index in [0.717, 1.165) is 33.9 Å². The van der Waals surface area contributed by atoms with E-state index in [2.05, 4.69) is 106 Å². The van der Waals surface area contributed by atoms with Crippen LogP contribution in [0.2, 0.25) is 0 Å². The second-order valence-electron chi connectivity index (χ2n) is 7.40. The summed E-state index contributed by atoms with van der Waals surface area (Å²) in [7, 11) is 0. The summed E-state index contributed by atoms with van der Waals surface area (Å²) in [4.78, 5) is 4.70. The average Bonchev–Trinajstić information content (AvgIpc) is 3.20. The van der Waals surface area contributed by atoms with Gasteiger partial charge in [0.1, 0.15) is 0 Å². The quantitative estimate of drug-likeness (QED) is 0.207. The second-order valence-corrected chi connectivity index (χ2v) is 8.64. The van der Waals surface area contributed by atoms with Gasteiger partial charge in [-0.05, 0) is 92.8 Å². The first-order valence-electron chi connectivity index (χ1n) is 9.66. The van der Waals surface area contributed by atoms with Crippen LogP contribution in [-0.2, 0) is 0 Å². The van der Waals surface area contributed by atoms with Crippen LogP contribution in [0.15, 0.2) is 59.7 Å². The molecule has 0 saturated heterocycles. The van der Waals surface area contributed by atoms with E-state index < -0.39 is 0 Å². The zero-order valence-electron chi connectivity index (χ0n) is 17.0. The molecule has 2 heterocycles. The molecule has 0 unspecified atom stereocenters. The number of aromatic nitrogens is 3. The number of benzene rings is 2. The maximum absolute atomic E-state index is 4.70. The SMILES string of the molecule is Cc1cc(C=NNc2nc3ccccc3n2C(C)C)c(C)n1-c1ccc(I)cc1. The first-order chi connectivity index (χ1) is 14.0. The van der Waals surface area contributed by atoms with Gasteiger partial charge in [0.25, 0.3) is 0 Å². The van der Waals surface area contributed by atoms with Gasteiger partial charge in [0.2, 0.25) is 5.95 Å². The van der Waals surface area contributed by atoms with Gasteiger partial charge in [-0.3, -0.25) is 0 Å². The van der Waals surface area contributed by atoms with E-state index >= 15 is 0 Å². The van der Waals surface area contributed by atoms with E-state index in [1.807, 2.05) is 24.4 Å². The van der Waals surface area contributed by atoms with Crippen molar-refractivity contribution in [2.45, 2.75) is 33.7 Å². The van der Waals surface area contributed by atoms with Gasteiger partial charge in [0.05, 0.1) is 17.2 Å². The number of rotatable bonds is 5. The number of fused-ring (bicyclic) bond motifs is 1. The summed E-state index contributed by atoms with van der Waals surface area (Å²) in [6, 6.07) is 19.1. The Kier molecular flexibility index (Phi) is 5.45. The summed E-state index contributed by atoms with van der Waals surface area (Å²) < 4.78 is 5.65. The first kappa shape index (κ1) is 19.7. The Morgan fingerprint density at radius 1 is 1.07 bits per heavy atom. The van der Waals surface area contributed by atoms with Gasteiger partial charge in [0, 0.05) is 32.3 Å². The molecule has 4 aromatic rings. The number of halogens is 1. The van der Waals surface area contributed by atoms with Crippen LogP contribution in [0.5, 0.6) is 0 Å². The molecule has 5 nitrogen and oxygen atoms in total. The van der Waals surface area contributed by atoms with Crippen molar-refractivity contribution in [1.29, 1.82) is 0 Å². The highest BCUT2D eigenvalue weighted by molar-refractivity contribution is 14.1. The molecular formula is C23H24IN5. The first-order valence-corrected chi connectivity index (χ1v) is 10.7. The monoisotopic (exact) mass is 497 g/mol. The standard InChI is InChI=1S/C23H24IN5/c1-15(2)28-22-8-6-5-7-21(22)26-23(28)27-25-14-18-13-16(3)29(17(18)4)20-11-9-19(24)10-12-20/h5-15H,1-4H3,(H,26,27). The van der Waals surface area contributed by atoms with Crippen molar-refractivity contribution in [2.24, 2.45) is 5.10 Å². The van der Waals surface area contributed by atoms with Crippen molar-refractivity contribution in [1.82, 2.24) is 14.1 Å². The predicted octanol–water partition coefficient (Wildman–Crippen LogP) is 6.08. The number of hydrogen-bond donors (Lipinski definition) is 1. The van der Waals surface area contributed by atoms with E-state index in [-0.39, 0.29) is 6.04 Å². The molecule has 0 spiro atoms. The average molecular weight is 497 g/mol. The lowest BCUT2D eigenvalue weighted by molar-refractivity contribution is 0.623. The fourth-order valence-electron chi connectivity index (χ4n) is 3.71. The zero-order chi connectivity index (χ0) is 20.5. The minimum Gasteiger partial charge on any atom is -0.318 e. The summed E-state index contributed by atoms with van der Waals surface area (Å²) in [6.07, 6.45) is 1.87. The lowest BCUT2D eigenvalue weighted by Gasteiger charge is -2.12. The van der Waals surface area contributed by atoms with Crippen LogP contribution in [0.25, 0.3) is 16.7 Å². The minimum atomic E-state index is 0.283. The van der Waals surface area contributed by atoms with Gasteiger partial charge in [-0.15, -0.1) is 0 Å². The highest BCUT2D eigenvalue weighted by atomic mass is 127. The zero-order valence-corrected chi connectivity index (χ0v) is 19.2. The lowest BCUT2D eigenvalue weighted by Crippen LogP contribution is -2.06. The van der Waals surface area contributed by atoms with Gasteiger partial charge in [-0.25, -0.2) is 10.4 Å². The second kappa shape index (κ2) is 8.02. The molecule has 0 saturated carbocycles. The number of aryl methyl sites for hydroxylation is 1. The maximum Gasteiger partial charge on any atom is 0.224 e. The summed E-state index contributed by atoms with van der Waals surface area (Å²) in [5, 5.41) is 4.50. The molecule has 1 N–H and O–H groups in total. The summed E-state index contributed by atoms with van der Waals surface area (Å²) in [6.45, 7) is 8.54. The Hall–Kier alpha value is -2.61. The molecule has 0 fully saturated rings. The molecule has 2 aromatic heterocycles. The van der Waals surface area contributed by atoms with Crippen LogP contribution >= 0.6 is 22.6 Å². The molecule has 0 radical (unpaired) electrons. The molecule has 6 heteroatoms. The number of hydrogen-bond acceptors (Lipinski definition) is 3. The molecule has 0 aliphatic carbocycles. The topological polar surface area (TPSA) is 47.1 Å². The third-order valence-corrected chi connectivity index (χ3v) is 5.75. The van der Waals surface area contributed by atoms with Crippen LogP contribution in [0.4, 0.5) is 5.95 Å². The molecule has 0 amide bonds. The Labute approximate surface area is 184 Å². The number of anilines is 1. The van der Waals surface area contributed by atoms with E-state index in [4.69, 9.17) is 4.98 Å². The molecule has 4 rings (SSSR count). The third kappa shape index (κ3) is 3.81. The van der Waals surface area contributed by atoms with Crippen LogP contribution in [0.3, 0.4) is 0 Å². The van der Waals surface area contributed by atoms with Gasteiger partial charge in [-0.2, -0.15) is 5.10 Å². The van der Waals surface area contributed by atoms with E-state index in [1.165, 1.54) is 9.26 Å². The van der Waals surface area contributed by atoms with Crippen LogP contribution in [0.1, 0.15) is 36.8 Å². The molecular weight excluding hydrogens is 473 g/mol. The molecule has 148 valence electrons. The van der Waals surface area contributed by atoms with Crippen LogP contribution < -0.4 is 5.43 Å². The fourth-order valence-corrected chi connectivity index (χ4v) is 4.07. The highest BCUT2D eigenvalue weighted by Crippen LogP contribution is 2.24. The molecule has 0 bridgehead atoms. The van der Waals surface area contributed by atoms with E-state index in [0.29, 0.717) is 0 Å².